The second-order valence-corrected chi connectivity index (χ2v) is 4.75. The van der Waals surface area contributed by atoms with Gasteiger partial charge < -0.3 is 20.3 Å². The molecule has 0 saturated heterocycles. The predicted octanol–water partition coefficient (Wildman–Crippen LogP) is 1.85. The molecule has 2 N–H and O–H groups in total. The maximum Gasteiger partial charge on any atom is 0.233 e. The number of hydrogen-bond acceptors (Lipinski definition) is 4. The van der Waals surface area contributed by atoms with Crippen molar-refractivity contribution in [3.63, 3.8) is 0 Å². The number of benzene rings is 1. The molecular formula is C15H26Cl2FN3O2. The largest absolute Gasteiger partial charge is 0.383 e. The average Bonchev–Trinajstić information content (AvgIpc) is 2.48. The molecule has 0 aliphatic heterocycles. The van der Waals surface area contributed by atoms with Crippen LogP contribution in [0.2, 0.25) is 0 Å². The summed E-state index contributed by atoms with van der Waals surface area (Å²) in [5.41, 5.74) is 0.574. The molecular weight excluding hydrogens is 344 g/mol. The fraction of sp³-hybridized carbons (Fsp3) is 0.533. The summed E-state index contributed by atoms with van der Waals surface area (Å²) in [4.78, 5) is 13.3. The first-order chi connectivity index (χ1) is 10.1. The summed E-state index contributed by atoms with van der Waals surface area (Å²) < 4.78 is 18.4. The second kappa shape index (κ2) is 14.5. The smallest absolute Gasteiger partial charge is 0.233 e. The van der Waals surface area contributed by atoms with Crippen LogP contribution in [0, 0.1) is 5.82 Å². The predicted molar refractivity (Wildman–Crippen MR) is 96.5 cm³/mol. The summed E-state index contributed by atoms with van der Waals surface area (Å²) in [6.07, 6.45) is 0.759. The molecule has 23 heavy (non-hydrogen) atoms. The van der Waals surface area contributed by atoms with Gasteiger partial charge in [0.1, 0.15) is 5.82 Å². The van der Waals surface area contributed by atoms with Crippen molar-refractivity contribution in [3.8, 4) is 0 Å². The maximum atomic E-state index is 13.5. The van der Waals surface area contributed by atoms with Gasteiger partial charge in [-0.05, 0) is 18.6 Å². The molecule has 1 aromatic carbocycles. The number of nitrogens with one attached hydrogen (secondary N) is 2. The number of rotatable bonds is 10. The SMILES string of the molecule is COCCNCC(=O)NCCCN(C)c1ccccc1F.Cl.Cl. The number of methoxy groups -OCH3 is 1. The van der Waals surface area contributed by atoms with Crippen LogP contribution in [-0.2, 0) is 9.53 Å². The van der Waals surface area contributed by atoms with Gasteiger partial charge in [0.15, 0.2) is 0 Å². The third kappa shape index (κ3) is 10.3. The van der Waals surface area contributed by atoms with Gasteiger partial charge in [-0.15, -0.1) is 24.8 Å². The van der Waals surface area contributed by atoms with Crippen molar-refractivity contribution in [2.45, 2.75) is 6.42 Å². The molecule has 8 heteroatoms. The van der Waals surface area contributed by atoms with E-state index in [1.165, 1.54) is 6.07 Å². The van der Waals surface area contributed by atoms with Crippen molar-refractivity contribution in [2.24, 2.45) is 0 Å². The van der Waals surface area contributed by atoms with E-state index in [0.717, 1.165) is 6.42 Å². The van der Waals surface area contributed by atoms with Crippen LogP contribution in [-0.4, -0.2) is 52.9 Å². The van der Waals surface area contributed by atoms with Crippen LogP contribution in [0.15, 0.2) is 24.3 Å². The summed E-state index contributed by atoms with van der Waals surface area (Å²) in [6.45, 7) is 2.77. The monoisotopic (exact) mass is 369 g/mol. The minimum absolute atomic E-state index is 0. The molecule has 0 fully saturated rings. The van der Waals surface area contributed by atoms with Crippen LogP contribution in [0.1, 0.15) is 6.42 Å². The van der Waals surface area contributed by atoms with Crippen molar-refractivity contribution < 1.29 is 13.9 Å². The molecule has 0 saturated carbocycles. The van der Waals surface area contributed by atoms with E-state index in [4.69, 9.17) is 4.74 Å². The van der Waals surface area contributed by atoms with Crippen molar-refractivity contribution in [3.05, 3.63) is 30.1 Å². The lowest BCUT2D eigenvalue weighted by Gasteiger charge is -2.19. The Hall–Kier alpha value is -1.08. The first-order valence-corrected chi connectivity index (χ1v) is 7.07. The number of hydrogen-bond donors (Lipinski definition) is 2. The Morgan fingerprint density at radius 1 is 1.26 bits per heavy atom. The zero-order valence-electron chi connectivity index (χ0n) is 13.5. The molecule has 0 aliphatic carbocycles. The topological polar surface area (TPSA) is 53.6 Å². The highest BCUT2D eigenvalue weighted by Crippen LogP contribution is 2.16. The Balaban J connectivity index is 0. The van der Waals surface area contributed by atoms with Crippen LogP contribution >= 0.6 is 24.8 Å². The number of amides is 1. The molecule has 0 bridgehead atoms. The van der Waals surface area contributed by atoms with Crippen LogP contribution < -0.4 is 15.5 Å². The van der Waals surface area contributed by atoms with E-state index in [1.54, 1.807) is 19.2 Å². The van der Waals surface area contributed by atoms with E-state index in [2.05, 4.69) is 10.6 Å². The number of carbonyl (C=O) groups excluding carboxylic acids is 1. The van der Waals surface area contributed by atoms with Gasteiger partial charge in [0.25, 0.3) is 0 Å². The molecule has 0 aliphatic rings. The third-order valence-electron chi connectivity index (χ3n) is 3.02. The van der Waals surface area contributed by atoms with Gasteiger partial charge in [0.05, 0.1) is 18.8 Å². The highest BCUT2D eigenvalue weighted by atomic mass is 35.5. The van der Waals surface area contributed by atoms with Gasteiger partial charge in [-0.25, -0.2) is 4.39 Å². The Bertz CT molecular complexity index is 439. The first kappa shape index (κ1) is 24.2. The fourth-order valence-electron chi connectivity index (χ4n) is 1.86. The van der Waals surface area contributed by atoms with E-state index in [1.807, 2.05) is 18.0 Å². The maximum absolute atomic E-state index is 13.5. The molecule has 0 spiro atoms. The number of para-hydroxylation sites is 1. The summed E-state index contributed by atoms with van der Waals surface area (Å²) in [7, 11) is 3.46. The summed E-state index contributed by atoms with van der Waals surface area (Å²) >= 11 is 0. The van der Waals surface area contributed by atoms with E-state index in [-0.39, 0.29) is 43.1 Å². The Labute approximate surface area is 149 Å². The zero-order valence-corrected chi connectivity index (χ0v) is 15.1. The lowest BCUT2D eigenvalue weighted by molar-refractivity contribution is -0.120. The van der Waals surface area contributed by atoms with Gasteiger partial charge in [-0.1, -0.05) is 12.1 Å². The Kier molecular flexibility index (Phi) is 15.3. The number of carbonyl (C=O) groups is 1. The van der Waals surface area contributed by atoms with Crippen LogP contribution in [0.5, 0.6) is 0 Å². The molecule has 0 heterocycles. The van der Waals surface area contributed by atoms with E-state index in [9.17, 15) is 9.18 Å². The molecule has 134 valence electrons. The number of ether oxygens (including phenoxy) is 1. The molecule has 0 aromatic heterocycles. The standard InChI is InChI=1S/C15H24FN3O2.2ClH/c1-19(14-7-4-3-6-13(14)16)10-5-8-18-15(20)12-17-9-11-21-2;;/h3-4,6-7,17H,5,8-12H2,1-2H3,(H,18,20);2*1H. The third-order valence-corrected chi connectivity index (χ3v) is 3.02. The average molecular weight is 370 g/mol. The molecule has 0 unspecified atom stereocenters. The Morgan fingerprint density at radius 3 is 2.61 bits per heavy atom. The summed E-state index contributed by atoms with van der Waals surface area (Å²) in [5.74, 6) is -0.272. The number of halogens is 3. The van der Waals surface area contributed by atoms with Gasteiger partial charge in [0, 0.05) is 33.8 Å². The van der Waals surface area contributed by atoms with Gasteiger partial charge >= 0.3 is 0 Å². The highest BCUT2D eigenvalue weighted by Gasteiger charge is 2.06. The second-order valence-electron chi connectivity index (χ2n) is 4.75. The van der Waals surface area contributed by atoms with Gasteiger partial charge in [0.2, 0.25) is 5.91 Å². The van der Waals surface area contributed by atoms with Crippen molar-refractivity contribution >= 4 is 36.4 Å². The van der Waals surface area contributed by atoms with Crippen molar-refractivity contribution in [1.82, 2.24) is 10.6 Å². The minimum Gasteiger partial charge on any atom is -0.383 e. The lowest BCUT2D eigenvalue weighted by atomic mass is 10.2. The fourth-order valence-corrected chi connectivity index (χ4v) is 1.86. The lowest BCUT2D eigenvalue weighted by Crippen LogP contribution is -2.36. The normalized spacial score (nSPS) is 9.52. The van der Waals surface area contributed by atoms with E-state index < -0.39 is 0 Å². The molecule has 5 nitrogen and oxygen atoms in total. The Morgan fingerprint density at radius 2 is 1.96 bits per heavy atom. The summed E-state index contributed by atoms with van der Waals surface area (Å²) in [6, 6.07) is 6.67. The first-order valence-electron chi connectivity index (χ1n) is 7.07. The van der Waals surface area contributed by atoms with E-state index >= 15 is 0 Å². The van der Waals surface area contributed by atoms with Gasteiger partial charge in [-0.2, -0.15) is 0 Å². The van der Waals surface area contributed by atoms with Gasteiger partial charge in [-0.3, -0.25) is 4.79 Å². The quantitative estimate of drug-likeness (QED) is 0.618. The molecule has 1 rings (SSSR count). The van der Waals surface area contributed by atoms with Crippen LogP contribution in [0.4, 0.5) is 10.1 Å². The minimum atomic E-state index is -0.230. The van der Waals surface area contributed by atoms with Crippen molar-refractivity contribution in [2.75, 3.05) is 51.8 Å². The zero-order chi connectivity index (χ0) is 15.5. The van der Waals surface area contributed by atoms with Crippen molar-refractivity contribution in [1.29, 1.82) is 0 Å². The van der Waals surface area contributed by atoms with Crippen LogP contribution in [0.25, 0.3) is 0 Å². The number of nitrogens with zero attached hydrogens (tertiary/aromatic N) is 1. The summed E-state index contributed by atoms with van der Waals surface area (Å²) in [5, 5.41) is 5.79. The molecule has 0 atom stereocenters. The number of anilines is 1. The molecule has 0 radical (unpaired) electrons. The molecule has 1 aromatic rings. The highest BCUT2D eigenvalue weighted by molar-refractivity contribution is 5.85. The van der Waals surface area contributed by atoms with E-state index in [0.29, 0.717) is 31.9 Å². The molecule has 1 amide bonds. The van der Waals surface area contributed by atoms with Crippen LogP contribution in [0.3, 0.4) is 0 Å².